The lowest BCUT2D eigenvalue weighted by Crippen LogP contribution is -2.03. The van der Waals surface area contributed by atoms with Gasteiger partial charge in [0.1, 0.15) is 5.75 Å². The summed E-state index contributed by atoms with van der Waals surface area (Å²) in [6, 6.07) is 13.6. The summed E-state index contributed by atoms with van der Waals surface area (Å²) < 4.78 is 5.23. The molecule has 0 saturated carbocycles. The van der Waals surface area contributed by atoms with Crippen molar-refractivity contribution in [3.63, 3.8) is 0 Å². The molecule has 4 nitrogen and oxygen atoms in total. The van der Waals surface area contributed by atoms with Gasteiger partial charge in [-0.3, -0.25) is 4.79 Å². The average Bonchev–Trinajstić information content (AvgIpc) is 3.09. The molecule has 22 heavy (non-hydrogen) atoms. The molecule has 108 valence electrons. The van der Waals surface area contributed by atoms with Crippen LogP contribution in [0.1, 0.15) is 11.1 Å². The first-order valence-electron chi connectivity index (χ1n) is 7.04. The third-order valence-corrected chi connectivity index (χ3v) is 3.93. The van der Waals surface area contributed by atoms with Crippen LogP contribution in [0.4, 0.5) is 5.69 Å². The Hall–Kier alpha value is -3.01. The number of aromatic nitrogens is 1. The highest BCUT2D eigenvalue weighted by atomic mass is 16.5. The summed E-state index contributed by atoms with van der Waals surface area (Å²) in [6.45, 7) is 0. The molecular weight excluding hydrogens is 276 g/mol. The van der Waals surface area contributed by atoms with Crippen LogP contribution in [-0.2, 0) is 4.79 Å². The zero-order valence-corrected chi connectivity index (χ0v) is 12.0. The average molecular weight is 290 g/mol. The van der Waals surface area contributed by atoms with E-state index in [1.54, 1.807) is 7.11 Å². The van der Waals surface area contributed by atoms with Crippen LogP contribution in [0.5, 0.6) is 5.75 Å². The number of hydrogen-bond acceptors (Lipinski definition) is 2. The zero-order chi connectivity index (χ0) is 15.1. The van der Waals surface area contributed by atoms with Crippen molar-refractivity contribution in [3.05, 3.63) is 59.8 Å². The topological polar surface area (TPSA) is 54.1 Å². The van der Waals surface area contributed by atoms with Crippen LogP contribution < -0.4 is 10.1 Å². The normalized spacial score (nSPS) is 15.1. The van der Waals surface area contributed by atoms with Gasteiger partial charge < -0.3 is 15.0 Å². The van der Waals surface area contributed by atoms with E-state index in [-0.39, 0.29) is 5.91 Å². The highest BCUT2D eigenvalue weighted by molar-refractivity contribution is 6.35. The summed E-state index contributed by atoms with van der Waals surface area (Å²) in [4.78, 5) is 15.4. The number of hydrogen-bond donors (Lipinski definition) is 2. The number of nitrogens with one attached hydrogen (secondary N) is 2. The van der Waals surface area contributed by atoms with Crippen LogP contribution in [0.25, 0.3) is 22.6 Å². The van der Waals surface area contributed by atoms with Gasteiger partial charge in [-0.25, -0.2) is 0 Å². The highest BCUT2D eigenvalue weighted by Gasteiger charge is 2.23. The van der Waals surface area contributed by atoms with Gasteiger partial charge in [-0.05, 0) is 24.3 Å². The van der Waals surface area contributed by atoms with E-state index in [0.717, 1.165) is 33.5 Å². The smallest absolute Gasteiger partial charge is 0.256 e. The molecule has 2 aromatic carbocycles. The number of carbonyl (C=O) groups excluding carboxylic acids is 1. The number of H-pyrrole nitrogens is 1. The molecule has 2 heterocycles. The lowest BCUT2D eigenvalue weighted by Gasteiger charge is -2.00. The third-order valence-electron chi connectivity index (χ3n) is 3.93. The standard InChI is InChI=1S/C18H14N2O2/c1-22-12-6-7-13-11(10-19-17(13)9-12)8-15-14-4-2-3-5-16(14)20-18(15)21/h2-10,19H,1H3,(H,20,21). The molecule has 0 spiro atoms. The molecule has 0 atom stereocenters. The van der Waals surface area contributed by atoms with Gasteiger partial charge in [-0.15, -0.1) is 0 Å². The van der Waals surface area contributed by atoms with Gasteiger partial charge >= 0.3 is 0 Å². The molecule has 1 amide bonds. The molecule has 0 fully saturated rings. The first-order valence-corrected chi connectivity index (χ1v) is 7.04. The number of methoxy groups -OCH3 is 1. The lowest BCUT2D eigenvalue weighted by molar-refractivity contribution is -0.110. The minimum atomic E-state index is -0.0657. The van der Waals surface area contributed by atoms with E-state index in [0.29, 0.717) is 5.57 Å². The number of aromatic amines is 1. The Morgan fingerprint density at radius 3 is 2.86 bits per heavy atom. The second-order valence-electron chi connectivity index (χ2n) is 5.21. The number of para-hydroxylation sites is 1. The largest absolute Gasteiger partial charge is 0.497 e. The van der Waals surface area contributed by atoms with Crippen molar-refractivity contribution in [1.82, 2.24) is 4.98 Å². The summed E-state index contributed by atoms with van der Waals surface area (Å²) >= 11 is 0. The van der Waals surface area contributed by atoms with E-state index in [2.05, 4.69) is 10.3 Å². The Labute approximate surface area is 127 Å². The SMILES string of the molecule is COc1ccc2c(C=C3C(=O)Nc4ccccc43)c[nH]c2c1. The number of carbonyl (C=O) groups is 1. The molecule has 4 heteroatoms. The molecule has 2 N–H and O–H groups in total. The Kier molecular flexibility index (Phi) is 2.76. The van der Waals surface area contributed by atoms with Crippen LogP contribution in [-0.4, -0.2) is 18.0 Å². The van der Waals surface area contributed by atoms with E-state index in [4.69, 9.17) is 4.74 Å². The van der Waals surface area contributed by atoms with Crippen molar-refractivity contribution in [2.24, 2.45) is 0 Å². The summed E-state index contributed by atoms with van der Waals surface area (Å²) in [5.41, 5.74) is 4.46. The molecular formula is C18H14N2O2. The molecule has 1 aromatic heterocycles. The first kappa shape index (κ1) is 12.7. The summed E-state index contributed by atoms with van der Waals surface area (Å²) in [7, 11) is 1.65. The van der Waals surface area contributed by atoms with E-state index in [1.165, 1.54) is 0 Å². The number of fused-ring (bicyclic) bond motifs is 2. The second-order valence-corrected chi connectivity index (χ2v) is 5.21. The summed E-state index contributed by atoms with van der Waals surface area (Å²) in [5, 5.41) is 3.95. The number of ether oxygens (including phenoxy) is 1. The van der Waals surface area contributed by atoms with Gasteiger partial charge in [0, 0.05) is 45.6 Å². The molecule has 4 rings (SSSR count). The van der Waals surface area contributed by atoms with Crippen LogP contribution in [0.3, 0.4) is 0 Å². The van der Waals surface area contributed by atoms with Gasteiger partial charge in [0.2, 0.25) is 0 Å². The predicted molar refractivity (Wildman–Crippen MR) is 87.8 cm³/mol. The fourth-order valence-corrected chi connectivity index (χ4v) is 2.81. The Morgan fingerprint density at radius 2 is 2.00 bits per heavy atom. The predicted octanol–water partition coefficient (Wildman–Crippen LogP) is 3.67. The Balaban J connectivity index is 1.85. The van der Waals surface area contributed by atoms with Crippen molar-refractivity contribution in [1.29, 1.82) is 0 Å². The quantitative estimate of drug-likeness (QED) is 0.707. The minimum absolute atomic E-state index is 0.0657. The lowest BCUT2D eigenvalue weighted by atomic mass is 10.0. The van der Waals surface area contributed by atoms with E-state index < -0.39 is 0 Å². The maximum Gasteiger partial charge on any atom is 0.256 e. The molecule has 0 unspecified atom stereocenters. The number of benzene rings is 2. The first-order chi connectivity index (χ1) is 10.8. The van der Waals surface area contributed by atoms with Crippen molar-refractivity contribution < 1.29 is 9.53 Å². The van der Waals surface area contributed by atoms with Crippen LogP contribution >= 0.6 is 0 Å². The van der Waals surface area contributed by atoms with Gasteiger partial charge in [0.25, 0.3) is 5.91 Å². The number of rotatable bonds is 2. The van der Waals surface area contributed by atoms with E-state index >= 15 is 0 Å². The third kappa shape index (κ3) is 1.89. The van der Waals surface area contributed by atoms with Crippen molar-refractivity contribution >= 4 is 34.1 Å². The Bertz CT molecular complexity index is 922. The zero-order valence-electron chi connectivity index (χ0n) is 12.0. The van der Waals surface area contributed by atoms with Gasteiger partial charge in [0.15, 0.2) is 0 Å². The maximum atomic E-state index is 12.2. The van der Waals surface area contributed by atoms with Crippen LogP contribution in [0.15, 0.2) is 48.7 Å². The maximum absolute atomic E-state index is 12.2. The summed E-state index contributed by atoms with van der Waals surface area (Å²) in [6.07, 6.45) is 3.83. The van der Waals surface area contributed by atoms with Gasteiger partial charge in [-0.1, -0.05) is 18.2 Å². The van der Waals surface area contributed by atoms with E-state index in [9.17, 15) is 4.79 Å². The van der Waals surface area contributed by atoms with Crippen LogP contribution in [0.2, 0.25) is 0 Å². The molecule has 0 saturated heterocycles. The van der Waals surface area contributed by atoms with Crippen LogP contribution in [0, 0.1) is 0 Å². The molecule has 1 aliphatic rings. The number of anilines is 1. The fraction of sp³-hybridized carbons (Fsp3) is 0.0556. The molecule has 0 aliphatic carbocycles. The van der Waals surface area contributed by atoms with Crippen molar-refractivity contribution in [3.8, 4) is 5.75 Å². The van der Waals surface area contributed by atoms with Gasteiger partial charge in [0.05, 0.1) is 7.11 Å². The van der Waals surface area contributed by atoms with Gasteiger partial charge in [-0.2, -0.15) is 0 Å². The highest BCUT2D eigenvalue weighted by Crippen LogP contribution is 2.34. The Morgan fingerprint density at radius 1 is 1.14 bits per heavy atom. The molecule has 3 aromatic rings. The number of amides is 1. The molecule has 1 aliphatic heterocycles. The summed E-state index contributed by atoms with van der Waals surface area (Å²) in [5.74, 6) is 0.738. The van der Waals surface area contributed by atoms with E-state index in [1.807, 2.05) is 54.7 Å². The van der Waals surface area contributed by atoms with Crippen molar-refractivity contribution in [2.45, 2.75) is 0 Å². The minimum Gasteiger partial charge on any atom is -0.497 e. The second kappa shape index (κ2) is 4.77. The molecule has 0 radical (unpaired) electrons. The van der Waals surface area contributed by atoms with Crippen molar-refractivity contribution in [2.75, 3.05) is 12.4 Å². The monoisotopic (exact) mass is 290 g/mol. The molecule has 0 bridgehead atoms. The fourth-order valence-electron chi connectivity index (χ4n) is 2.81.